The van der Waals surface area contributed by atoms with Crippen molar-refractivity contribution in [2.45, 2.75) is 13.1 Å². The van der Waals surface area contributed by atoms with Crippen molar-refractivity contribution in [1.29, 1.82) is 0 Å². The van der Waals surface area contributed by atoms with Crippen LogP contribution in [-0.2, 0) is 13.1 Å². The van der Waals surface area contributed by atoms with Crippen molar-refractivity contribution in [3.8, 4) is 0 Å². The largest absolute Gasteiger partial charge is 0.352 e. The van der Waals surface area contributed by atoms with Crippen molar-refractivity contribution in [2.75, 3.05) is 7.05 Å². The zero-order valence-corrected chi connectivity index (χ0v) is 11.4. The molecule has 0 radical (unpaired) electrons. The molecule has 0 aromatic heterocycles. The lowest BCUT2D eigenvalue weighted by Crippen LogP contribution is -2.36. The molecule has 0 heterocycles. The highest BCUT2D eigenvalue weighted by atomic mass is 19.1. The second-order valence-corrected chi connectivity index (χ2v) is 4.39. The number of benzene rings is 2. The third-order valence-corrected chi connectivity index (χ3v) is 2.88. The minimum atomic E-state index is -0.225. The Morgan fingerprint density at radius 2 is 1.60 bits per heavy atom. The third-order valence-electron chi connectivity index (χ3n) is 2.88. The Morgan fingerprint density at radius 3 is 2.25 bits per heavy atom. The summed E-state index contributed by atoms with van der Waals surface area (Å²) in [5.74, 6) is 0.467. The lowest BCUT2D eigenvalue weighted by Gasteiger charge is -2.12. The van der Waals surface area contributed by atoms with Gasteiger partial charge in [0.25, 0.3) is 0 Å². The number of nitrogens with one attached hydrogen (secondary N) is 2. The van der Waals surface area contributed by atoms with Crippen LogP contribution in [0.25, 0.3) is 0 Å². The summed E-state index contributed by atoms with van der Waals surface area (Å²) in [5, 5.41) is 6.37. The highest BCUT2D eigenvalue weighted by Crippen LogP contribution is 2.02. The molecule has 0 bridgehead atoms. The summed E-state index contributed by atoms with van der Waals surface area (Å²) in [6.45, 7) is 1.23. The van der Waals surface area contributed by atoms with Gasteiger partial charge in [0.05, 0.1) is 0 Å². The molecule has 0 atom stereocenters. The number of hydrogen-bond donors (Lipinski definition) is 2. The molecule has 0 aliphatic rings. The molecule has 0 aliphatic carbocycles. The van der Waals surface area contributed by atoms with Gasteiger partial charge in [-0.2, -0.15) is 0 Å². The maximum atomic E-state index is 13.1. The monoisotopic (exact) mass is 271 g/mol. The van der Waals surface area contributed by atoms with Crippen molar-refractivity contribution in [3.63, 3.8) is 0 Å². The molecular formula is C16H18FN3. The molecule has 0 unspecified atom stereocenters. The van der Waals surface area contributed by atoms with Gasteiger partial charge in [0, 0.05) is 20.1 Å². The first-order valence-corrected chi connectivity index (χ1v) is 6.51. The van der Waals surface area contributed by atoms with E-state index in [1.807, 2.05) is 36.4 Å². The standard InChI is InChI=1S/C16H18FN3/c1-18-16(19-11-13-6-3-2-4-7-13)20-12-14-8-5-9-15(17)10-14/h2-10H,11-12H2,1H3,(H2,18,19,20). The summed E-state index contributed by atoms with van der Waals surface area (Å²) in [5.41, 5.74) is 2.06. The van der Waals surface area contributed by atoms with Crippen LogP contribution in [0, 0.1) is 5.82 Å². The lowest BCUT2D eigenvalue weighted by atomic mass is 10.2. The van der Waals surface area contributed by atoms with Crippen LogP contribution in [0.3, 0.4) is 0 Å². The zero-order chi connectivity index (χ0) is 14.2. The molecule has 2 aromatic carbocycles. The smallest absolute Gasteiger partial charge is 0.191 e. The van der Waals surface area contributed by atoms with Gasteiger partial charge in [-0.05, 0) is 23.3 Å². The Balaban J connectivity index is 1.84. The van der Waals surface area contributed by atoms with E-state index in [9.17, 15) is 4.39 Å². The predicted molar refractivity (Wildman–Crippen MR) is 79.9 cm³/mol. The molecule has 4 heteroatoms. The van der Waals surface area contributed by atoms with E-state index in [2.05, 4.69) is 15.6 Å². The summed E-state index contributed by atoms with van der Waals surface area (Å²) in [6, 6.07) is 16.6. The number of hydrogen-bond acceptors (Lipinski definition) is 1. The molecule has 0 saturated heterocycles. The molecule has 3 nitrogen and oxygen atoms in total. The average Bonchev–Trinajstić information content (AvgIpc) is 2.48. The Morgan fingerprint density at radius 1 is 0.950 bits per heavy atom. The molecule has 2 aromatic rings. The topological polar surface area (TPSA) is 36.4 Å². The van der Waals surface area contributed by atoms with E-state index in [4.69, 9.17) is 0 Å². The van der Waals surface area contributed by atoms with Gasteiger partial charge < -0.3 is 10.6 Å². The summed E-state index contributed by atoms with van der Waals surface area (Å²) >= 11 is 0. The first-order chi connectivity index (χ1) is 9.78. The van der Waals surface area contributed by atoms with E-state index in [-0.39, 0.29) is 5.82 Å². The van der Waals surface area contributed by atoms with Crippen LogP contribution < -0.4 is 10.6 Å². The predicted octanol–water partition coefficient (Wildman–Crippen LogP) is 2.69. The second kappa shape index (κ2) is 7.28. The summed E-state index contributed by atoms with van der Waals surface area (Å²) in [6.07, 6.45) is 0. The molecule has 2 N–H and O–H groups in total. The number of halogens is 1. The molecule has 0 spiro atoms. The average molecular weight is 271 g/mol. The van der Waals surface area contributed by atoms with Crippen molar-refractivity contribution in [2.24, 2.45) is 4.99 Å². The number of nitrogens with zero attached hydrogens (tertiary/aromatic N) is 1. The van der Waals surface area contributed by atoms with Gasteiger partial charge in [0.1, 0.15) is 5.82 Å². The quantitative estimate of drug-likeness (QED) is 0.662. The Kier molecular flexibility index (Phi) is 5.12. The van der Waals surface area contributed by atoms with Crippen molar-refractivity contribution < 1.29 is 4.39 Å². The fourth-order valence-corrected chi connectivity index (χ4v) is 1.83. The zero-order valence-electron chi connectivity index (χ0n) is 11.4. The molecule has 0 amide bonds. The first-order valence-electron chi connectivity index (χ1n) is 6.51. The van der Waals surface area contributed by atoms with Crippen LogP contribution in [0.2, 0.25) is 0 Å². The summed E-state index contributed by atoms with van der Waals surface area (Å²) in [4.78, 5) is 4.14. The molecule has 20 heavy (non-hydrogen) atoms. The van der Waals surface area contributed by atoms with Crippen LogP contribution in [-0.4, -0.2) is 13.0 Å². The van der Waals surface area contributed by atoms with E-state index in [0.717, 1.165) is 5.56 Å². The Hall–Kier alpha value is -2.36. The normalized spacial score (nSPS) is 11.2. The highest BCUT2D eigenvalue weighted by Gasteiger charge is 1.99. The minimum Gasteiger partial charge on any atom is -0.352 e. The fraction of sp³-hybridized carbons (Fsp3) is 0.188. The molecule has 0 saturated carbocycles. The number of rotatable bonds is 4. The van der Waals surface area contributed by atoms with Gasteiger partial charge in [-0.25, -0.2) is 4.39 Å². The van der Waals surface area contributed by atoms with Crippen LogP contribution in [0.15, 0.2) is 59.6 Å². The summed E-state index contributed by atoms with van der Waals surface area (Å²) in [7, 11) is 1.71. The molecular weight excluding hydrogens is 253 g/mol. The highest BCUT2D eigenvalue weighted by molar-refractivity contribution is 5.79. The van der Waals surface area contributed by atoms with E-state index >= 15 is 0 Å². The van der Waals surface area contributed by atoms with Crippen molar-refractivity contribution in [1.82, 2.24) is 10.6 Å². The van der Waals surface area contributed by atoms with E-state index < -0.39 is 0 Å². The maximum Gasteiger partial charge on any atom is 0.191 e. The van der Waals surface area contributed by atoms with Gasteiger partial charge in [0.15, 0.2) is 5.96 Å². The Bertz CT molecular complexity index is 567. The SMILES string of the molecule is CN=C(NCc1ccccc1)NCc1cccc(F)c1. The van der Waals surface area contributed by atoms with Crippen LogP contribution in [0.1, 0.15) is 11.1 Å². The fourth-order valence-electron chi connectivity index (χ4n) is 1.83. The minimum absolute atomic E-state index is 0.225. The molecule has 104 valence electrons. The van der Waals surface area contributed by atoms with Gasteiger partial charge in [-0.15, -0.1) is 0 Å². The van der Waals surface area contributed by atoms with Crippen molar-refractivity contribution in [3.05, 3.63) is 71.5 Å². The van der Waals surface area contributed by atoms with Gasteiger partial charge >= 0.3 is 0 Å². The number of guanidine groups is 1. The van der Waals surface area contributed by atoms with Gasteiger partial charge in [-0.1, -0.05) is 42.5 Å². The van der Waals surface area contributed by atoms with Crippen molar-refractivity contribution >= 4 is 5.96 Å². The number of aliphatic imine (C=N–C) groups is 1. The van der Waals surface area contributed by atoms with E-state index in [1.54, 1.807) is 13.1 Å². The first kappa shape index (κ1) is 14.1. The summed E-state index contributed by atoms with van der Waals surface area (Å²) < 4.78 is 13.1. The van der Waals surface area contributed by atoms with Crippen LogP contribution in [0.5, 0.6) is 0 Å². The third kappa shape index (κ3) is 4.39. The molecule has 0 aliphatic heterocycles. The van der Waals surface area contributed by atoms with E-state index in [0.29, 0.717) is 19.0 Å². The van der Waals surface area contributed by atoms with Gasteiger partial charge in [0.2, 0.25) is 0 Å². The van der Waals surface area contributed by atoms with Gasteiger partial charge in [-0.3, -0.25) is 4.99 Å². The van der Waals surface area contributed by atoms with E-state index in [1.165, 1.54) is 17.7 Å². The van der Waals surface area contributed by atoms with Crippen LogP contribution in [0.4, 0.5) is 4.39 Å². The molecule has 2 rings (SSSR count). The second-order valence-electron chi connectivity index (χ2n) is 4.39. The molecule has 0 fully saturated rings. The lowest BCUT2D eigenvalue weighted by molar-refractivity contribution is 0.624. The Labute approximate surface area is 118 Å². The van der Waals surface area contributed by atoms with Crippen LogP contribution >= 0.6 is 0 Å². The maximum absolute atomic E-state index is 13.1.